The first-order valence-electron chi connectivity index (χ1n) is 8.19. The number of carbonyl (C=O) groups excluding carboxylic acids is 1. The number of likely N-dealkylation sites (tertiary alicyclic amines) is 1. The van der Waals surface area contributed by atoms with E-state index in [2.05, 4.69) is 29.3 Å². The molecule has 0 unspecified atom stereocenters. The zero-order valence-electron chi connectivity index (χ0n) is 13.8. The predicted octanol–water partition coefficient (Wildman–Crippen LogP) is 2.60. The lowest BCUT2D eigenvalue weighted by Crippen LogP contribution is -2.41. The Balaban J connectivity index is 1.56. The van der Waals surface area contributed by atoms with E-state index in [1.807, 2.05) is 41.2 Å². The van der Waals surface area contributed by atoms with E-state index < -0.39 is 0 Å². The van der Waals surface area contributed by atoms with Crippen LogP contribution in [0.4, 0.5) is 5.69 Å². The number of piperidine rings is 1. The third kappa shape index (κ3) is 3.99. The number of rotatable bonds is 4. The van der Waals surface area contributed by atoms with Crippen LogP contribution in [0.25, 0.3) is 0 Å². The highest BCUT2D eigenvalue weighted by Crippen LogP contribution is 2.23. The predicted molar refractivity (Wildman–Crippen MR) is 91.2 cm³/mol. The average molecular weight is 312 g/mol. The summed E-state index contributed by atoms with van der Waals surface area (Å²) in [6, 6.07) is 10.4. The van der Waals surface area contributed by atoms with Crippen LogP contribution in [0.1, 0.15) is 25.3 Å². The van der Waals surface area contributed by atoms with E-state index in [0.29, 0.717) is 6.04 Å². The molecule has 122 valence electrons. The van der Waals surface area contributed by atoms with Gasteiger partial charge >= 0.3 is 0 Å². The molecule has 2 aromatic rings. The zero-order valence-corrected chi connectivity index (χ0v) is 13.8. The molecular formula is C18H24N4O. The van der Waals surface area contributed by atoms with Crippen molar-refractivity contribution in [2.45, 2.75) is 32.4 Å². The lowest BCUT2D eigenvalue weighted by atomic mass is 9.91. The second-order valence-electron chi connectivity index (χ2n) is 6.44. The van der Waals surface area contributed by atoms with Gasteiger partial charge in [0.1, 0.15) is 0 Å². The number of benzene rings is 1. The minimum atomic E-state index is 0.116. The first-order chi connectivity index (χ1) is 11.1. The Hall–Kier alpha value is -2.14. The second-order valence-corrected chi connectivity index (χ2v) is 6.44. The molecule has 1 aliphatic heterocycles. The molecule has 0 aliphatic carbocycles. The number of hydrogen-bond donors (Lipinski definition) is 1. The topological polar surface area (TPSA) is 50.2 Å². The van der Waals surface area contributed by atoms with Gasteiger partial charge in [0.2, 0.25) is 5.91 Å². The van der Waals surface area contributed by atoms with Crippen LogP contribution < -0.4 is 5.32 Å². The van der Waals surface area contributed by atoms with Gasteiger partial charge in [-0.3, -0.25) is 9.48 Å². The summed E-state index contributed by atoms with van der Waals surface area (Å²) in [7, 11) is 2.12. The fourth-order valence-corrected chi connectivity index (χ4v) is 3.05. The summed E-state index contributed by atoms with van der Waals surface area (Å²) < 4.78 is 1.88. The van der Waals surface area contributed by atoms with Gasteiger partial charge in [0, 0.05) is 30.0 Å². The van der Waals surface area contributed by atoms with Crippen molar-refractivity contribution in [2.24, 2.45) is 5.92 Å². The first-order valence-corrected chi connectivity index (χ1v) is 8.19. The van der Waals surface area contributed by atoms with Crippen LogP contribution in [-0.4, -0.2) is 40.2 Å². The molecule has 23 heavy (non-hydrogen) atoms. The number of hydrogen-bond acceptors (Lipinski definition) is 3. The van der Waals surface area contributed by atoms with Crippen LogP contribution in [-0.2, 0) is 11.3 Å². The van der Waals surface area contributed by atoms with Gasteiger partial charge in [0.15, 0.2) is 0 Å². The van der Waals surface area contributed by atoms with E-state index in [0.717, 1.165) is 31.6 Å². The van der Waals surface area contributed by atoms with Crippen molar-refractivity contribution < 1.29 is 4.79 Å². The number of aromatic nitrogens is 2. The minimum absolute atomic E-state index is 0.116. The van der Waals surface area contributed by atoms with Gasteiger partial charge in [-0.2, -0.15) is 5.10 Å². The van der Waals surface area contributed by atoms with Crippen molar-refractivity contribution >= 4 is 11.6 Å². The Bertz CT molecular complexity index is 636. The largest absolute Gasteiger partial charge is 0.326 e. The summed E-state index contributed by atoms with van der Waals surface area (Å²) in [6.45, 7) is 3.92. The number of amides is 1. The van der Waals surface area contributed by atoms with Crippen molar-refractivity contribution in [1.82, 2.24) is 14.7 Å². The quantitative estimate of drug-likeness (QED) is 0.944. The van der Waals surface area contributed by atoms with E-state index in [-0.39, 0.29) is 11.8 Å². The number of nitrogens with one attached hydrogen (secondary N) is 1. The monoisotopic (exact) mass is 312 g/mol. The molecule has 0 radical (unpaired) electrons. The van der Waals surface area contributed by atoms with Crippen molar-refractivity contribution in [3.05, 3.63) is 48.3 Å². The summed E-state index contributed by atoms with van der Waals surface area (Å²) in [5.74, 6) is 0.259. The maximum Gasteiger partial charge on any atom is 0.227 e. The van der Waals surface area contributed by atoms with E-state index in [4.69, 9.17) is 0 Å². The van der Waals surface area contributed by atoms with Crippen LogP contribution in [0.2, 0.25) is 0 Å². The third-order valence-electron chi connectivity index (χ3n) is 4.70. The Morgan fingerprint density at radius 1 is 1.35 bits per heavy atom. The minimum Gasteiger partial charge on any atom is -0.326 e. The summed E-state index contributed by atoms with van der Waals surface area (Å²) >= 11 is 0. The van der Waals surface area contributed by atoms with Crippen LogP contribution in [0.3, 0.4) is 0 Å². The zero-order chi connectivity index (χ0) is 16.2. The Labute approximate surface area is 137 Å². The fraction of sp³-hybridized carbons (Fsp3) is 0.444. The van der Waals surface area contributed by atoms with E-state index in [9.17, 15) is 4.79 Å². The molecule has 5 heteroatoms. The number of anilines is 1. The molecule has 1 amide bonds. The molecule has 0 saturated carbocycles. The molecule has 0 spiro atoms. The standard InChI is InChI=1S/C18H24N4O/c1-14-12-16(8-11-21(14)2)18(23)20-17-6-4-15(5-7-17)13-22-10-3-9-19-22/h3-7,9-10,14,16H,8,11-13H2,1-2H3,(H,20,23)/t14-,16-/m0/s1. The van der Waals surface area contributed by atoms with Gasteiger partial charge < -0.3 is 10.2 Å². The molecule has 1 N–H and O–H groups in total. The Morgan fingerprint density at radius 2 is 2.13 bits per heavy atom. The number of nitrogens with zero attached hydrogens (tertiary/aromatic N) is 3. The number of carbonyl (C=O) groups is 1. The van der Waals surface area contributed by atoms with Crippen LogP contribution >= 0.6 is 0 Å². The molecule has 1 aromatic carbocycles. The van der Waals surface area contributed by atoms with E-state index in [1.165, 1.54) is 5.56 Å². The van der Waals surface area contributed by atoms with Gasteiger partial charge in [0.25, 0.3) is 0 Å². The van der Waals surface area contributed by atoms with Gasteiger partial charge in [0.05, 0.1) is 6.54 Å². The van der Waals surface area contributed by atoms with Crippen molar-refractivity contribution in [1.29, 1.82) is 0 Å². The van der Waals surface area contributed by atoms with Gasteiger partial charge in [-0.25, -0.2) is 0 Å². The third-order valence-corrected chi connectivity index (χ3v) is 4.70. The normalized spacial score (nSPS) is 22.0. The smallest absolute Gasteiger partial charge is 0.227 e. The first kappa shape index (κ1) is 15.7. The van der Waals surface area contributed by atoms with E-state index in [1.54, 1.807) is 6.20 Å². The highest BCUT2D eigenvalue weighted by molar-refractivity contribution is 5.92. The molecular weight excluding hydrogens is 288 g/mol. The summed E-state index contributed by atoms with van der Waals surface area (Å²) in [5.41, 5.74) is 2.03. The SMILES string of the molecule is C[C@H]1C[C@@H](C(=O)Nc2ccc(Cn3cccn3)cc2)CCN1C. The van der Waals surface area contributed by atoms with Gasteiger partial charge in [-0.05, 0) is 57.1 Å². The fourth-order valence-electron chi connectivity index (χ4n) is 3.05. The molecule has 2 atom stereocenters. The van der Waals surface area contributed by atoms with Crippen molar-refractivity contribution in [3.63, 3.8) is 0 Å². The van der Waals surface area contributed by atoms with Crippen LogP contribution in [0, 0.1) is 5.92 Å². The second kappa shape index (κ2) is 6.96. The highest BCUT2D eigenvalue weighted by Gasteiger charge is 2.27. The van der Waals surface area contributed by atoms with Crippen LogP contribution in [0.15, 0.2) is 42.7 Å². The maximum atomic E-state index is 12.4. The molecule has 1 aromatic heterocycles. The average Bonchev–Trinajstić information content (AvgIpc) is 3.05. The molecule has 1 aliphatic rings. The molecule has 3 rings (SSSR count). The summed E-state index contributed by atoms with van der Waals surface area (Å²) in [4.78, 5) is 14.7. The van der Waals surface area contributed by atoms with Crippen molar-refractivity contribution in [3.8, 4) is 0 Å². The molecule has 5 nitrogen and oxygen atoms in total. The Kier molecular flexibility index (Phi) is 4.76. The lowest BCUT2D eigenvalue weighted by molar-refractivity contribution is -0.121. The van der Waals surface area contributed by atoms with Gasteiger partial charge in [-0.1, -0.05) is 12.1 Å². The lowest BCUT2D eigenvalue weighted by Gasteiger charge is -2.34. The Morgan fingerprint density at radius 3 is 2.78 bits per heavy atom. The molecule has 1 saturated heterocycles. The maximum absolute atomic E-state index is 12.4. The molecule has 0 bridgehead atoms. The van der Waals surface area contributed by atoms with Crippen molar-refractivity contribution in [2.75, 3.05) is 18.9 Å². The van der Waals surface area contributed by atoms with Crippen LogP contribution in [0.5, 0.6) is 0 Å². The molecule has 2 heterocycles. The summed E-state index contributed by atoms with van der Waals surface area (Å²) in [5, 5.41) is 7.25. The highest BCUT2D eigenvalue weighted by atomic mass is 16.1. The molecule has 1 fully saturated rings. The summed E-state index contributed by atoms with van der Waals surface area (Å²) in [6.07, 6.45) is 5.58. The van der Waals surface area contributed by atoms with E-state index >= 15 is 0 Å². The van der Waals surface area contributed by atoms with Gasteiger partial charge in [-0.15, -0.1) is 0 Å².